The van der Waals surface area contributed by atoms with Gasteiger partial charge >= 0.3 is 0 Å². The van der Waals surface area contributed by atoms with Crippen molar-refractivity contribution in [3.63, 3.8) is 0 Å². The van der Waals surface area contributed by atoms with Gasteiger partial charge in [-0.1, -0.05) is 0 Å². The maximum Gasteiger partial charge on any atom is 0.157 e. The number of rotatable bonds is 6. The highest BCUT2D eigenvalue weighted by Crippen LogP contribution is 2.17. The first-order valence-corrected chi connectivity index (χ1v) is 7.48. The normalized spacial score (nSPS) is 27.5. The number of ether oxygens (including phenoxy) is 2. The summed E-state index contributed by atoms with van der Waals surface area (Å²) in [5, 5.41) is 3.28. The van der Waals surface area contributed by atoms with Crippen molar-refractivity contribution in [2.75, 3.05) is 46.4 Å². The molecule has 2 aliphatic rings. The van der Waals surface area contributed by atoms with Gasteiger partial charge in [0.25, 0.3) is 0 Å². The molecule has 18 heavy (non-hydrogen) atoms. The molecule has 1 atom stereocenters. The second kappa shape index (κ2) is 8.10. The first-order chi connectivity index (χ1) is 8.88. The molecule has 2 aliphatic heterocycles. The lowest BCUT2D eigenvalue weighted by molar-refractivity contribution is -0.164. The zero-order valence-corrected chi connectivity index (χ0v) is 11.7. The Balaban J connectivity index is 1.52. The van der Waals surface area contributed by atoms with Crippen molar-refractivity contribution in [1.29, 1.82) is 0 Å². The van der Waals surface area contributed by atoms with Gasteiger partial charge in [-0.25, -0.2) is 0 Å². The number of piperidine rings is 1. The average Bonchev–Trinajstić information content (AvgIpc) is 2.42. The van der Waals surface area contributed by atoms with Gasteiger partial charge in [-0.15, -0.1) is 0 Å². The standard InChI is InChI=1S/C14H28N2O2/c1-15-12-13-5-7-16(8-6-13)9-11-18-14-4-2-3-10-17-14/h13-15H,2-12H2,1H3. The number of nitrogens with one attached hydrogen (secondary N) is 1. The molecule has 0 aromatic rings. The van der Waals surface area contributed by atoms with E-state index in [4.69, 9.17) is 9.47 Å². The van der Waals surface area contributed by atoms with Crippen LogP contribution in [-0.2, 0) is 9.47 Å². The van der Waals surface area contributed by atoms with E-state index in [1.54, 1.807) is 0 Å². The van der Waals surface area contributed by atoms with E-state index in [-0.39, 0.29) is 6.29 Å². The van der Waals surface area contributed by atoms with Crippen LogP contribution in [0.25, 0.3) is 0 Å². The smallest absolute Gasteiger partial charge is 0.157 e. The van der Waals surface area contributed by atoms with E-state index in [2.05, 4.69) is 10.2 Å². The monoisotopic (exact) mass is 256 g/mol. The average molecular weight is 256 g/mol. The molecule has 0 radical (unpaired) electrons. The summed E-state index contributed by atoms with van der Waals surface area (Å²) in [4.78, 5) is 2.52. The summed E-state index contributed by atoms with van der Waals surface area (Å²) in [7, 11) is 2.05. The second-order valence-corrected chi connectivity index (χ2v) is 5.51. The summed E-state index contributed by atoms with van der Waals surface area (Å²) in [6.45, 7) is 6.37. The van der Waals surface area contributed by atoms with Gasteiger partial charge in [0.05, 0.1) is 6.61 Å². The molecule has 2 fully saturated rings. The predicted molar refractivity (Wildman–Crippen MR) is 72.6 cm³/mol. The summed E-state index contributed by atoms with van der Waals surface area (Å²) < 4.78 is 11.4. The molecule has 1 unspecified atom stereocenters. The van der Waals surface area contributed by atoms with Crippen molar-refractivity contribution in [3.05, 3.63) is 0 Å². The highest BCUT2D eigenvalue weighted by Gasteiger charge is 2.19. The van der Waals surface area contributed by atoms with Gasteiger partial charge < -0.3 is 19.7 Å². The Hall–Kier alpha value is -0.160. The Labute approximate surface area is 111 Å². The molecule has 0 aromatic heterocycles. The van der Waals surface area contributed by atoms with Gasteiger partial charge in [0, 0.05) is 13.2 Å². The summed E-state index contributed by atoms with van der Waals surface area (Å²) in [6, 6.07) is 0. The first-order valence-electron chi connectivity index (χ1n) is 7.48. The van der Waals surface area contributed by atoms with Crippen molar-refractivity contribution in [2.45, 2.75) is 38.4 Å². The van der Waals surface area contributed by atoms with Gasteiger partial charge in [-0.05, 0) is 64.7 Å². The fourth-order valence-corrected chi connectivity index (χ4v) is 2.86. The van der Waals surface area contributed by atoms with E-state index in [0.717, 1.165) is 32.1 Å². The van der Waals surface area contributed by atoms with Crippen molar-refractivity contribution < 1.29 is 9.47 Å². The topological polar surface area (TPSA) is 33.7 Å². The van der Waals surface area contributed by atoms with Gasteiger partial charge in [0.1, 0.15) is 0 Å². The predicted octanol–water partition coefficient (Wildman–Crippen LogP) is 1.46. The third kappa shape index (κ3) is 4.84. The van der Waals surface area contributed by atoms with E-state index in [1.165, 1.54) is 45.3 Å². The minimum absolute atomic E-state index is 0.0700. The number of nitrogens with zero attached hydrogens (tertiary/aromatic N) is 1. The van der Waals surface area contributed by atoms with Crippen LogP contribution in [0.4, 0.5) is 0 Å². The molecule has 2 saturated heterocycles. The number of hydrogen-bond acceptors (Lipinski definition) is 4. The minimum atomic E-state index is 0.0700. The quantitative estimate of drug-likeness (QED) is 0.780. The Morgan fingerprint density at radius 3 is 2.72 bits per heavy atom. The Morgan fingerprint density at radius 1 is 1.22 bits per heavy atom. The highest BCUT2D eigenvalue weighted by molar-refractivity contribution is 4.73. The zero-order chi connectivity index (χ0) is 12.6. The third-order valence-corrected chi connectivity index (χ3v) is 4.05. The molecule has 0 spiro atoms. The van der Waals surface area contributed by atoms with Gasteiger partial charge in [0.2, 0.25) is 0 Å². The molecule has 0 aliphatic carbocycles. The Kier molecular flexibility index (Phi) is 6.41. The first kappa shape index (κ1) is 14.3. The molecule has 2 rings (SSSR count). The van der Waals surface area contributed by atoms with Crippen molar-refractivity contribution >= 4 is 0 Å². The van der Waals surface area contributed by atoms with Crippen LogP contribution >= 0.6 is 0 Å². The third-order valence-electron chi connectivity index (χ3n) is 4.05. The Morgan fingerprint density at radius 2 is 2.06 bits per heavy atom. The molecule has 0 amide bonds. The van der Waals surface area contributed by atoms with Crippen LogP contribution in [0.2, 0.25) is 0 Å². The fourth-order valence-electron chi connectivity index (χ4n) is 2.86. The minimum Gasteiger partial charge on any atom is -0.353 e. The van der Waals surface area contributed by atoms with Crippen LogP contribution in [0.5, 0.6) is 0 Å². The van der Waals surface area contributed by atoms with E-state index in [1.807, 2.05) is 7.05 Å². The van der Waals surface area contributed by atoms with Gasteiger partial charge in [0.15, 0.2) is 6.29 Å². The summed E-state index contributed by atoms with van der Waals surface area (Å²) in [5.74, 6) is 0.869. The van der Waals surface area contributed by atoms with E-state index in [9.17, 15) is 0 Å². The molecular formula is C14H28N2O2. The maximum atomic E-state index is 5.78. The summed E-state index contributed by atoms with van der Waals surface area (Å²) >= 11 is 0. The van der Waals surface area contributed by atoms with E-state index in [0.29, 0.717) is 0 Å². The van der Waals surface area contributed by atoms with Gasteiger partial charge in [-0.3, -0.25) is 0 Å². The van der Waals surface area contributed by atoms with Crippen LogP contribution in [-0.4, -0.2) is 57.6 Å². The summed E-state index contributed by atoms with van der Waals surface area (Å²) in [5.41, 5.74) is 0. The Bertz CT molecular complexity index is 212. The molecule has 4 nitrogen and oxygen atoms in total. The lowest BCUT2D eigenvalue weighted by Gasteiger charge is -2.32. The lowest BCUT2D eigenvalue weighted by atomic mass is 9.97. The fraction of sp³-hybridized carbons (Fsp3) is 1.00. The van der Waals surface area contributed by atoms with Gasteiger partial charge in [-0.2, -0.15) is 0 Å². The molecular weight excluding hydrogens is 228 g/mol. The van der Waals surface area contributed by atoms with Crippen LogP contribution in [0.3, 0.4) is 0 Å². The molecule has 0 aromatic carbocycles. The van der Waals surface area contributed by atoms with Crippen molar-refractivity contribution in [1.82, 2.24) is 10.2 Å². The summed E-state index contributed by atoms with van der Waals surface area (Å²) in [6.07, 6.45) is 6.23. The number of hydrogen-bond donors (Lipinski definition) is 1. The largest absolute Gasteiger partial charge is 0.353 e. The molecule has 2 heterocycles. The van der Waals surface area contributed by atoms with Crippen LogP contribution in [0.15, 0.2) is 0 Å². The maximum absolute atomic E-state index is 5.78. The van der Waals surface area contributed by atoms with E-state index < -0.39 is 0 Å². The van der Waals surface area contributed by atoms with Crippen molar-refractivity contribution in [2.24, 2.45) is 5.92 Å². The van der Waals surface area contributed by atoms with Crippen molar-refractivity contribution in [3.8, 4) is 0 Å². The SMILES string of the molecule is CNCC1CCN(CCOC2CCCCO2)CC1. The lowest BCUT2D eigenvalue weighted by Crippen LogP contribution is -2.39. The highest BCUT2D eigenvalue weighted by atomic mass is 16.7. The molecule has 0 bridgehead atoms. The number of likely N-dealkylation sites (tertiary alicyclic amines) is 1. The molecule has 4 heteroatoms. The van der Waals surface area contributed by atoms with Crippen LogP contribution in [0.1, 0.15) is 32.1 Å². The molecule has 106 valence electrons. The van der Waals surface area contributed by atoms with Crippen LogP contribution < -0.4 is 5.32 Å². The zero-order valence-electron chi connectivity index (χ0n) is 11.7. The van der Waals surface area contributed by atoms with Crippen LogP contribution in [0, 0.1) is 5.92 Å². The molecule has 1 N–H and O–H groups in total. The second-order valence-electron chi connectivity index (χ2n) is 5.51. The molecule has 0 saturated carbocycles. The van der Waals surface area contributed by atoms with E-state index >= 15 is 0 Å².